The third kappa shape index (κ3) is 2.45. The second kappa shape index (κ2) is 3.37. The molecule has 1 aromatic rings. The third-order valence-corrected chi connectivity index (χ3v) is 2.56. The summed E-state index contributed by atoms with van der Waals surface area (Å²) in [7, 11) is -3.02. The smallest absolute Gasteiger partial charge is 0.153 e. The maximum Gasteiger partial charge on any atom is 0.153 e. The molecule has 0 fully saturated rings. The van der Waals surface area contributed by atoms with Crippen molar-refractivity contribution in [3.63, 3.8) is 0 Å². The van der Waals surface area contributed by atoms with Crippen molar-refractivity contribution in [2.24, 2.45) is 0 Å². The van der Waals surface area contributed by atoms with Gasteiger partial charge in [-0.05, 0) is 6.42 Å². The second-order valence-corrected chi connectivity index (χ2v) is 5.13. The van der Waals surface area contributed by atoms with Crippen LogP contribution in [0.1, 0.15) is 18.2 Å². The van der Waals surface area contributed by atoms with Crippen LogP contribution in [-0.4, -0.2) is 24.9 Å². The quantitative estimate of drug-likeness (QED) is 0.729. The zero-order valence-corrected chi connectivity index (χ0v) is 8.48. The van der Waals surface area contributed by atoms with Crippen LogP contribution >= 0.6 is 0 Å². The number of hydrogen-bond donors (Lipinski definition) is 2. The molecular weight excluding hydrogens is 190 g/mol. The molecule has 1 heterocycles. The Morgan fingerprint density at radius 1 is 1.54 bits per heavy atom. The largest absolute Gasteiger partial charge is 0.382 e. The first-order valence-electron chi connectivity index (χ1n) is 3.93. The molecule has 0 atom stereocenters. The summed E-state index contributed by atoms with van der Waals surface area (Å²) >= 11 is 0. The van der Waals surface area contributed by atoms with E-state index in [9.17, 15) is 8.42 Å². The van der Waals surface area contributed by atoms with Crippen molar-refractivity contribution < 1.29 is 8.42 Å². The van der Waals surface area contributed by atoms with Crippen LogP contribution in [0.2, 0.25) is 0 Å². The Balaban J connectivity index is 3.02. The van der Waals surface area contributed by atoms with Gasteiger partial charge in [0.15, 0.2) is 9.84 Å². The number of nitrogen functional groups attached to an aromatic ring is 1. The maximum absolute atomic E-state index is 11.0. The van der Waals surface area contributed by atoms with Crippen molar-refractivity contribution in [3.05, 3.63) is 11.3 Å². The first-order chi connectivity index (χ1) is 5.94. The average molecular weight is 203 g/mol. The molecule has 1 rings (SSSR count). The van der Waals surface area contributed by atoms with Crippen LogP contribution in [-0.2, 0) is 22.0 Å². The topological polar surface area (TPSA) is 88.8 Å². The van der Waals surface area contributed by atoms with E-state index < -0.39 is 9.84 Å². The van der Waals surface area contributed by atoms with Gasteiger partial charge in [-0.2, -0.15) is 5.10 Å². The molecule has 0 amide bonds. The fraction of sp³-hybridized carbons (Fsp3) is 0.571. The van der Waals surface area contributed by atoms with Crippen LogP contribution in [0.5, 0.6) is 0 Å². The van der Waals surface area contributed by atoms with E-state index >= 15 is 0 Å². The molecule has 0 aliphatic heterocycles. The fourth-order valence-electron chi connectivity index (χ4n) is 1.19. The molecule has 1 aromatic heterocycles. The summed E-state index contributed by atoms with van der Waals surface area (Å²) in [6.45, 7) is 1.91. The van der Waals surface area contributed by atoms with Gasteiger partial charge >= 0.3 is 0 Å². The molecule has 3 N–H and O–H groups in total. The molecule has 0 radical (unpaired) electrons. The number of aromatic amines is 1. The van der Waals surface area contributed by atoms with Crippen molar-refractivity contribution in [2.45, 2.75) is 19.1 Å². The molecule has 0 aliphatic carbocycles. The van der Waals surface area contributed by atoms with Gasteiger partial charge < -0.3 is 5.73 Å². The van der Waals surface area contributed by atoms with Crippen LogP contribution < -0.4 is 5.73 Å². The fourth-order valence-corrected chi connectivity index (χ4v) is 1.96. The monoisotopic (exact) mass is 203 g/mol. The summed E-state index contributed by atoms with van der Waals surface area (Å²) in [5.74, 6) is 0.363. The highest BCUT2D eigenvalue weighted by atomic mass is 32.2. The van der Waals surface area contributed by atoms with Gasteiger partial charge in [0.05, 0.1) is 11.4 Å². The van der Waals surface area contributed by atoms with E-state index in [2.05, 4.69) is 10.2 Å². The molecule has 0 unspecified atom stereocenters. The van der Waals surface area contributed by atoms with Crippen molar-refractivity contribution in [3.8, 4) is 0 Å². The Morgan fingerprint density at radius 2 is 2.15 bits per heavy atom. The SMILES string of the molecule is CCc1c(N)n[nH]c1CS(C)(=O)=O. The standard InChI is InChI=1S/C7H13N3O2S/c1-3-5-6(4-13(2,11)12)9-10-7(5)8/h3-4H2,1-2H3,(H3,8,9,10). The number of nitrogens with zero attached hydrogens (tertiary/aromatic N) is 1. The van der Waals surface area contributed by atoms with Crippen molar-refractivity contribution in [2.75, 3.05) is 12.0 Å². The number of hydrogen-bond acceptors (Lipinski definition) is 4. The predicted molar refractivity (Wildman–Crippen MR) is 50.9 cm³/mol. The van der Waals surface area contributed by atoms with Gasteiger partial charge in [-0.1, -0.05) is 6.92 Å². The van der Waals surface area contributed by atoms with Gasteiger partial charge in [-0.3, -0.25) is 5.10 Å². The molecule has 0 aromatic carbocycles. The highest BCUT2D eigenvalue weighted by Crippen LogP contribution is 2.15. The minimum absolute atomic E-state index is 0.0274. The number of sulfone groups is 1. The summed E-state index contributed by atoms with van der Waals surface area (Å²) in [6.07, 6.45) is 1.87. The molecular formula is C7H13N3O2S. The number of nitrogens with one attached hydrogen (secondary N) is 1. The lowest BCUT2D eigenvalue weighted by molar-refractivity contribution is 0.600. The lowest BCUT2D eigenvalue weighted by Gasteiger charge is -1.98. The van der Waals surface area contributed by atoms with E-state index in [4.69, 9.17) is 5.73 Å². The van der Waals surface area contributed by atoms with Crippen LogP contribution in [0, 0.1) is 0 Å². The van der Waals surface area contributed by atoms with Gasteiger partial charge in [-0.15, -0.1) is 0 Å². The van der Waals surface area contributed by atoms with Crippen molar-refractivity contribution in [1.29, 1.82) is 0 Å². The van der Waals surface area contributed by atoms with Crippen LogP contribution in [0.25, 0.3) is 0 Å². The van der Waals surface area contributed by atoms with Crippen molar-refractivity contribution >= 4 is 15.7 Å². The normalized spacial score (nSPS) is 11.8. The maximum atomic E-state index is 11.0. The molecule has 0 saturated carbocycles. The van der Waals surface area contributed by atoms with Gasteiger partial charge in [0.2, 0.25) is 0 Å². The Labute approximate surface area is 77.3 Å². The molecule has 0 bridgehead atoms. The van der Waals surface area contributed by atoms with E-state index in [-0.39, 0.29) is 5.75 Å². The molecule has 0 aliphatic rings. The second-order valence-electron chi connectivity index (χ2n) is 2.99. The van der Waals surface area contributed by atoms with Gasteiger partial charge in [0.25, 0.3) is 0 Å². The number of H-pyrrole nitrogens is 1. The molecule has 6 heteroatoms. The van der Waals surface area contributed by atoms with Crippen LogP contribution in [0.4, 0.5) is 5.82 Å². The molecule has 74 valence electrons. The zero-order chi connectivity index (χ0) is 10.1. The number of nitrogens with two attached hydrogens (primary N) is 1. The molecule has 0 spiro atoms. The minimum Gasteiger partial charge on any atom is -0.382 e. The average Bonchev–Trinajstić information content (AvgIpc) is 2.28. The van der Waals surface area contributed by atoms with E-state index in [0.29, 0.717) is 17.9 Å². The summed E-state index contributed by atoms with van der Waals surface area (Å²) in [4.78, 5) is 0. The summed E-state index contributed by atoms with van der Waals surface area (Å²) in [5.41, 5.74) is 6.93. The van der Waals surface area contributed by atoms with E-state index in [1.165, 1.54) is 6.26 Å². The summed E-state index contributed by atoms with van der Waals surface area (Å²) < 4.78 is 22.0. The Kier molecular flexibility index (Phi) is 2.60. The predicted octanol–water partition coefficient (Wildman–Crippen LogP) is 0.0989. The van der Waals surface area contributed by atoms with Gasteiger partial charge in [0, 0.05) is 11.8 Å². The van der Waals surface area contributed by atoms with E-state index in [0.717, 1.165) is 5.56 Å². The Morgan fingerprint density at radius 3 is 2.62 bits per heavy atom. The summed E-state index contributed by atoms with van der Waals surface area (Å²) in [5, 5.41) is 6.39. The summed E-state index contributed by atoms with van der Waals surface area (Å²) in [6, 6.07) is 0. The minimum atomic E-state index is -3.02. The van der Waals surface area contributed by atoms with Gasteiger partial charge in [0.1, 0.15) is 5.82 Å². The molecule has 0 saturated heterocycles. The van der Waals surface area contributed by atoms with Crippen molar-refractivity contribution in [1.82, 2.24) is 10.2 Å². The van der Waals surface area contributed by atoms with E-state index in [1.807, 2.05) is 6.92 Å². The first-order valence-corrected chi connectivity index (χ1v) is 5.99. The zero-order valence-electron chi connectivity index (χ0n) is 7.66. The lowest BCUT2D eigenvalue weighted by Crippen LogP contribution is -2.03. The number of rotatable bonds is 3. The third-order valence-electron chi connectivity index (χ3n) is 1.74. The van der Waals surface area contributed by atoms with Gasteiger partial charge in [-0.25, -0.2) is 8.42 Å². The lowest BCUT2D eigenvalue weighted by atomic mass is 10.2. The van der Waals surface area contributed by atoms with E-state index in [1.54, 1.807) is 0 Å². The Bertz CT molecular complexity index is 394. The number of aromatic nitrogens is 2. The molecule has 13 heavy (non-hydrogen) atoms. The van der Waals surface area contributed by atoms with Crippen LogP contribution in [0.15, 0.2) is 0 Å². The highest BCUT2D eigenvalue weighted by Gasteiger charge is 2.13. The molecule has 5 nitrogen and oxygen atoms in total. The first kappa shape index (κ1) is 10.0. The Hall–Kier alpha value is -1.04. The highest BCUT2D eigenvalue weighted by molar-refractivity contribution is 7.89. The van der Waals surface area contributed by atoms with Crippen LogP contribution in [0.3, 0.4) is 0 Å². The number of anilines is 1.